The summed E-state index contributed by atoms with van der Waals surface area (Å²) in [5.41, 5.74) is 5.77. The van der Waals surface area contributed by atoms with Gasteiger partial charge < -0.3 is 9.88 Å². The first-order valence-corrected chi connectivity index (χ1v) is 6.83. The van der Waals surface area contributed by atoms with Crippen LogP contribution in [0.3, 0.4) is 0 Å². The van der Waals surface area contributed by atoms with E-state index in [0.717, 1.165) is 22.4 Å². The summed E-state index contributed by atoms with van der Waals surface area (Å²) >= 11 is 0. The predicted molar refractivity (Wildman–Crippen MR) is 83.7 cm³/mol. The van der Waals surface area contributed by atoms with Crippen molar-refractivity contribution in [2.75, 3.05) is 5.32 Å². The molecule has 1 amide bonds. The van der Waals surface area contributed by atoms with Crippen molar-refractivity contribution in [3.8, 4) is 11.8 Å². The van der Waals surface area contributed by atoms with Crippen LogP contribution >= 0.6 is 0 Å². The number of anilines is 1. The average Bonchev–Trinajstić information content (AvgIpc) is 2.63. The fraction of sp³-hybridized carbons (Fsp3) is 0.294. The fourth-order valence-electron chi connectivity index (χ4n) is 2.79. The molecule has 0 aliphatic heterocycles. The number of rotatable bonds is 2. The molecule has 0 unspecified atom stereocenters. The third kappa shape index (κ3) is 2.68. The first kappa shape index (κ1) is 14.9. The molecule has 1 heterocycles. The molecule has 0 saturated carbocycles. The lowest BCUT2D eigenvalue weighted by atomic mass is 10.0. The lowest BCUT2D eigenvalue weighted by molar-refractivity contribution is -0.114. The lowest BCUT2D eigenvalue weighted by Gasteiger charge is -2.16. The van der Waals surface area contributed by atoms with E-state index >= 15 is 0 Å². The molecule has 108 valence electrons. The minimum absolute atomic E-state index is 0.187. The Hall–Kier alpha value is -2.54. The van der Waals surface area contributed by atoms with Gasteiger partial charge in [-0.3, -0.25) is 4.79 Å². The molecule has 1 aromatic heterocycles. The molecule has 2 aromatic rings. The number of carbonyl (C=O) groups excluding carboxylic acids is 1. The number of hydrogen-bond acceptors (Lipinski definition) is 2. The summed E-state index contributed by atoms with van der Waals surface area (Å²) in [6.45, 7) is 9.45. The second-order valence-corrected chi connectivity index (χ2v) is 5.45. The Morgan fingerprint density at radius 2 is 1.71 bits per heavy atom. The van der Waals surface area contributed by atoms with E-state index in [1.807, 2.05) is 31.5 Å². The zero-order valence-corrected chi connectivity index (χ0v) is 13.0. The number of carbonyl (C=O) groups is 1. The summed E-state index contributed by atoms with van der Waals surface area (Å²) in [6.07, 6.45) is 1.90. The summed E-state index contributed by atoms with van der Waals surface area (Å²) in [5.74, 6) is 0.353. The molecule has 0 spiro atoms. The molecule has 0 aliphatic carbocycles. The third-order valence-corrected chi connectivity index (χ3v) is 3.48. The van der Waals surface area contributed by atoms with Crippen molar-refractivity contribution in [1.29, 1.82) is 5.26 Å². The fourth-order valence-corrected chi connectivity index (χ4v) is 2.79. The van der Waals surface area contributed by atoms with Gasteiger partial charge in [0.2, 0.25) is 5.91 Å². The molecule has 4 heteroatoms. The van der Waals surface area contributed by atoms with Gasteiger partial charge in [-0.05, 0) is 44.4 Å². The molecule has 0 saturated heterocycles. The Morgan fingerprint density at radius 3 is 2.19 bits per heavy atom. The number of nitrogens with zero attached hydrogens (tertiary/aromatic N) is 2. The molecule has 0 radical (unpaired) electrons. The van der Waals surface area contributed by atoms with E-state index in [2.05, 4.69) is 30.4 Å². The Morgan fingerprint density at radius 1 is 1.14 bits per heavy atom. The SMILES string of the molecule is CC(=O)Nc1c(C#N)c(C)cn1-c1c(C)cc(C)cc1C. The van der Waals surface area contributed by atoms with Crippen LogP contribution in [0.4, 0.5) is 5.82 Å². The van der Waals surface area contributed by atoms with Crippen LogP contribution in [0.2, 0.25) is 0 Å². The van der Waals surface area contributed by atoms with Crippen molar-refractivity contribution in [2.24, 2.45) is 0 Å². The topological polar surface area (TPSA) is 57.8 Å². The van der Waals surface area contributed by atoms with E-state index in [9.17, 15) is 10.1 Å². The number of nitrogens with one attached hydrogen (secondary N) is 1. The minimum atomic E-state index is -0.187. The highest BCUT2D eigenvalue weighted by molar-refractivity contribution is 5.90. The molecule has 1 N–H and O–H groups in total. The molecule has 1 aromatic carbocycles. The number of benzene rings is 1. The summed E-state index contributed by atoms with van der Waals surface area (Å²) < 4.78 is 1.90. The van der Waals surface area contributed by atoms with Crippen LogP contribution in [-0.4, -0.2) is 10.5 Å². The van der Waals surface area contributed by atoms with Crippen molar-refractivity contribution in [3.63, 3.8) is 0 Å². The van der Waals surface area contributed by atoms with E-state index in [4.69, 9.17) is 0 Å². The van der Waals surface area contributed by atoms with Crippen molar-refractivity contribution in [2.45, 2.75) is 34.6 Å². The Labute approximate surface area is 125 Å². The van der Waals surface area contributed by atoms with Crippen LogP contribution in [0.5, 0.6) is 0 Å². The maximum atomic E-state index is 11.5. The number of aryl methyl sites for hydroxylation is 4. The van der Waals surface area contributed by atoms with Gasteiger partial charge in [0.15, 0.2) is 0 Å². The maximum absolute atomic E-state index is 11.5. The summed E-state index contributed by atoms with van der Waals surface area (Å²) in [4.78, 5) is 11.5. The van der Waals surface area contributed by atoms with Gasteiger partial charge >= 0.3 is 0 Å². The van der Waals surface area contributed by atoms with Gasteiger partial charge in [0.25, 0.3) is 0 Å². The minimum Gasteiger partial charge on any atom is -0.311 e. The van der Waals surface area contributed by atoms with Gasteiger partial charge in [0.05, 0.1) is 11.3 Å². The largest absolute Gasteiger partial charge is 0.311 e. The van der Waals surface area contributed by atoms with Gasteiger partial charge in [-0.1, -0.05) is 17.7 Å². The van der Waals surface area contributed by atoms with E-state index in [1.165, 1.54) is 12.5 Å². The number of aromatic nitrogens is 1. The van der Waals surface area contributed by atoms with Crippen molar-refractivity contribution >= 4 is 11.7 Å². The van der Waals surface area contributed by atoms with Crippen LogP contribution in [0.1, 0.15) is 34.7 Å². The molecular formula is C17H19N3O. The quantitative estimate of drug-likeness (QED) is 0.915. The van der Waals surface area contributed by atoms with Gasteiger partial charge in [0, 0.05) is 13.1 Å². The van der Waals surface area contributed by atoms with Crippen LogP contribution in [0.25, 0.3) is 5.69 Å². The molecule has 0 bridgehead atoms. The van der Waals surface area contributed by atoms with Gasteiger partial charge in [-0.25, -0.2) is 0 Å². The molecule has 0 aliphatic rings. The Kier molecular flexibility index (Phi) is 3.86. The smallest absolute Gasteiger partial charge is 0.222 e. The van der Waals surface area contributed by atoms with Crippen LogP contribution in [0.15, 0.2) is 18.3 Å². The first-order chi connectivity index (χ1) is 9.85. The zero-order chi connectivity index (χ0) is 15.7. The van der Waals surface area contributed by atoms with Crippen LogP contribution < -0.4 is 5.32 Å². The highest BCUT2D eigenvalue weighted by Crippen LogP contribution is 2.30. The average molecular weight is 281 g/mol. The van der Waals surface area contributed by atoms with Gasteiger partial charge in [-0.2, -0.15) is 5.26 Å². The number of hydrogen-bond donors (Lipinski definition) is 1. The molecule has 21 heavy (non-hydrogen) atoms. The van der Waals surface area contributed by atoms with Crippen molar-refractivity contribution in [1.82, 2.24) is 4.57 Å². The highest BCUT2D eigenvalue weighted by Gasteiger charge is 2.18. The third-order valence-electron chi connectivity index (χ3n) is 3.48. The first-order valence-electron chi connectivity index (χ1n) is 6.83. The normalized spacial score (nSPS) is 10.3. The molecular weight excluding hydrogens is 262 g/mol. The standard InChI is InChI=1S/C17H19N3O/c1-10-6-11(2)16(12(3)7-10)20-9-13(4)15(8-18)17(20)19-14(5)21/h6-7,9H,1-5H3,(H,19,21). The van der Waals surface area contributed by atoms with E-state index in [1.54, 1.807) is 0 Å². The summed E-state index contributed by atoms with van der Waals surface area (Å²) in [7, 11) is 0. The summed E-state index contributed by atoms with van der Waals surface area (Å²) in [6, 6.07) is 6.37. The highest BCUT2D eigenvalue weighted by atomic mass is 16.1. The van der Waals surface area contributed by atoms with Crippen molar-refractivity contribution in [3.05, 3.63) is 46.1 Å². The van der Waals surface area contributed by atoms with E-state index in [0.29, 0.717) is 11.4 Å². The second-order valence-electron chi connectivity index (χ2n) is 5.45. The zero-order valence-electron chi connectivity index (χ0n) is 13.0. The van der Waals surface area contributed by atoms with Crippen LogP contribution in [0, 0.1) is 39.0 Å². The predicted octanol–water partition coefficient (Wildman–Crippen LogP) is 3.54. The van der Waals surface area contributed by atoms with Gasteiger partial charge in [-0.15, -0.1) is 0 Å². The number of amides is 1. The van der Waals surface area contributed by atoms with Crippen LogP contribution in [-0.2, 0) is 4.79 Å². The van der Waals surface area contributed by atoms with E-state index in [-0.39, 0.29) is 5.91 Å². The lowest BCUT2D eigenvalue weighted by Crippen LogP contribution is -2.12. The van der Waals surface area contributed by atoms with Gasteiger partial charge in [0.1, 0.15) is 11.9 Å². The summed E-state index contributed by atoms with van der Waals surface area (Å²) in [5, 5.41) is 12.1. The monoisotopic (exact) mass is 281 g/mol. The van der Waals surface area contributed by atoms with E-state index < -0.39 is 0 Å². The maximum Gasteiger partial charge on any atom is 0.222 e. The Bertz CT molecular complexity index is 740. The van der Waals surface area contributed by atoms with Crippen molar-refractivity contribution < 1.29 is 4.79 Å². The second kappa shape index (κ2) is 5.45. The number of nitriles is 1. The molecule has 0 atom stereocenters. The Balaban J connectivity index is 2.76. The molecule has 4 nitrogen and oxygen atoms in total. The molecule has 0 fully saturated rings. The molecule has 2 rings (SSSR count).